The van der Waals surface area contributed by atoms with E-state index in [0.29, 0.717) is 42.7 Å². The minimum atomic E-state index is -0.677. The molecule has 1 aliphatic heterocycles. The molecule has 1 saturated carbocycles. The Morgan fingerprint density at radius 1 is 0.884 bits per heavy atom. The molecule has 2 aromatic rings. The molecule has 0 unspecified atom stereocenters. The highest BCUT2D eigenvalue weighted by molar-refractivity contribution is 5.99. The fourth-order valence-electron chi connectivity index (χ4n) is 6.21. The number of piperazine rings is 1. The normalized spacial score (nSPS) is 19.4. The summed E-state index contributed by atoms with van der Waals surface area (Å²) >= 11 is 0. The van der Waals surface area contributed by atoms with Crippen molar-refractivity contribution in [3.8, 4) is 28.4 Å². The van der Waals surface area contributed by atoms with Crippen LogP contribution < -0.4 is 19.5 Å². The maximum absolute atomic E-state index is 13.9. The monoisotopic (exact) mass is 593 g/mol. The summed E-state index contributed by atoms with van der Waals surface area (Å²) in [5.41, 5.74) is 2.77. The SMILES string of the molecule is CCCCN1C(=O)[C@H](C)N(CC(=O)NCC2CCCCC2)C(=O)[C@H]1Cc1ccc(-c2cc(OC)c(OC)c(OC)c2)cc1. The number of rotatable bonds is 13. The first-order chi connectivity index (χ1) is 20.8. The predicted molar refractivity (Wildman–Crippen MR) is 166 cm³/mol. The van der Waals surface area contributed by atoms with Gasteiger partial charge in [-0.15, -0.1) is 0 Å². The minimum Gasteiger partial charge on any atom is -0.493 e. The van der Waals surface area contributed by atoms with Crippen LogP contribution in [-0.2, 0) is 20.8 Å². The highest BCUT2D eigenvalue weighted by Gasteiger charge is 2.44. The van der Waals surface area contributed by atoms with Gasteiger partial charge in [-0.25, -0.2) is 0 Å². The molecule has 234 valence electrons. The maximum atomic E-state index is 13.9. The van der Waals surface area contributed by atoms with Gasteiger partial charge in [0, 0.05) is 19.5 Å². The molecule has 4 rings (SSSR count). The van der Waals surface area contributed by atoms with Gasteiger partial charge in [0.1, 0.15) is 18.6 Å². The summed E-state index contributed by atoms with van der Waals surface area (Å²) in [6.07, 6.45) is 8.02. The van der Waals surface area contributed by atoms with E-state index in [4.69, 9.17) is 14.2 Å². The van der Waals surface area contributed by atoms with E-state index in [9.17, 15) is 14.4 Å². The molecule has 2 fully saturated rings. The Labute approximate surface area is 255 Å². The van der Waals surface area contributed by atoms with Gasteiger partial charge in [-0.05, 0) is 60.9 Å². The van der Waals surface area contributed by atoms with Crippen molar-refractivity contribution in [2.24, 2.45) is 5.92 Å². The van der Waals surface area contributed by atoms with Crippen LogP contribution in [0, 0.1) is 5.92 Å². The van der Waals surface area contributed by atoms with Crippen molar-refractivity contribution >= 4 is 17.7 Å². The molecule has 2 atom stereocenters. The number of nitrogens with zero attached hydrogens (tertiary/aromatic N) is 2. The van der Waals surface area contributed by atoms with Crippen LogP contribution in [0.15, 0.2) is 36.4 Å². The van der Waals surface area contributed by atoms with E-state index in [1.807, 2.05) is 36.4 Å². The van der Waals surface area contributed by atoms with E-state index in [1.54, 1.807) is 33.2 Å². The molecule has 0 bridgehead atoms. The molecule has 9 heteroatoms. The van der Waals surface area contributed by atoms with Crippen LogP contribution in [0.1, 0.15) is 64.4 Å². The number of methoxy groups -OCH3 is 3. The Bertz CT molecular complexity index is 1230. The summed E-state index contributed by atoms with van der Waals surface area (Å²) < 4.78 is 16.5. The molecule has 2 aromatic carbocycles. The zero-order valence-corrected chi connectivity index (χ0v) is 26.3. The van der Waals surface area contributed by atoms with Crippen LogP contribution in [0.3, 0.4) is 0 Å². The summed E-state index contributed by atoms with van der Waals surface area (Å²) in [6, 6.07) is 10.4. The van der Waals surface area contributed by atoms with Crippen LogP contribution in [0.4, 0.5) is 0 Å². The molecule has 1 aliphatic carbocycles. The van der Waals surface area contributed by atoms with Crippen molar-refractivity contribution in [3.05, 3.63) is 42.0 Å². The largest absolute Gasteiger partial charge is 0.493 e. The van der Waals surface area contributed by atoms with Crippen LogP contribution in [-0.4, -0.2) is 80.6 Å². The number of amides is 3. The molecule has 43 heavy (non-hydrogen) atoms. The number of hydrogen-bond acceptors (Lipinski definition) is 6. The molecule has 3 amide bonds. The third-order valence-electron chi connectivity index (χ3n) is 8.81. The van der Waals surface area contributed by atoms with Gasteiger partial charge in [0.25, 0.3) is 0 Å². The second-order valence-electron chi connectivity index (χ2n) is 11.7. The highest BCUT2D eigenvalue weighted by Crippen LogP contribution is 2.41. The first-order valence-electron chi connectivity index (χ1n) is 15.6. The topological polar surface area (TPSA) is 97.4 Å². The van der Waals surface area contributed by atoms with E-state index < -0.39 is 12.1 Å². The van der Waals surface area contributed by atoms with Crippen molar-refractivity contribution < 1.29 is 28.6 Å². The molecule has 0 spiro atoms. The van der Waals surface area contributed by atoms with Gasteiger partial charge in [-0.2, -0.15) is 0 Å². The number of unbranched alkanes of at least 4 members (excludes halogenated alkanes) is 1. The van der Waals surface area contributed by atoms with E-state index in [1.165, 1.54) is 24.2 Å². The van der Waals surface area contributed by atoms with E-state index >= 15 is 0 Å². The first-order valence-corrected chi connectivity index (χ1v) is 15.6. The average molecular weight is 594 g/mol. The maximum Gasteiger partial charge on any atom is 0.246 e. The summed E-state index contributed by atoms with van der Waals surface area (Å²) in [4.78, 5) is 43.6. The minimum absolute atomic E-state index is 0.101. The Morgan fingerprint density at radius 2 is 1.53 bits per heavy atom. The van der Waals surface area contributed by atoms with Crippen LogP contribution in [0.2, 0.25) is 0 Å². The molecule has 1 saturated heterocycles. The molecule has 1 N–H and O–H groups in total. The van der Waals surface area contributed by atoms with Crippen LogP contribution in [0.25, 0.3) is 11.1 Å². The van der Waals surface area contributed by atoms with Crippen molar-refractivity contribution in [2.75, 3.05) is 41.0 Å². The lowest BCUT2D eigenvalue weighted by molar-refractivity contribution is -0.162. The van der Waals surface area contributed by atoms with Gasteiger partial charge in [-0.1, -0.05) is 56.9 Å². The quantitative estimate of drug-likeness (QED) is 0.357. The third-order valence-corrected chi connectivity index (χ3v) is 8.81. The molecule has 9 nitrogen and oxygen atoms in total. The van der Waals surface area contributed by atoms with Crippen molar-refractivity contribution in [1.29, 1.82) is 0 Å². The molecular weight excluding hydrogens is 546 g/mol. The molecule has 0 aromatic heterocycles. The van der Waals surface area contributed by atoms with Gasteiger partial charge < -0.3 is 29.3 Å². The summed E-state index contributed by atoms with van der Waals surface area (Å²) in [7, 11) is 4.74. The van der Waals surface area contributed by atoms with Gasteiger partial charge in [-0.3, -0.25) is 14.4 Å². The fraction of sp³-hybridized carbons (Fsp3) is 0.559. The van der Waals surface area contributed by atoms with Crippen LogP contribution in [0.5, 0.6) is 17.2 Å². The summed E-state index contributed by atoms with van der Waals surface area (Å²) in [5.74, 6) is 1.67. The number of benzene rings is 2. The number of carbonyl (C=O) groups is 3. The Balaban J connectivity index is 1.51. The van der Waals surface area contributed by atoms with E-state index in [2.05, 4.69) is 12.2 Å². The molecule has 1 heterocycles. The lowest BCUT2D eigenvalue weighted by Crippen LogP contribution is -2.65. The second-order valence-corrected chi connectivity index (χ2v) is 11.7. The summed E-state index contributed by atoms with van der Waals surface area (Å²) in [6.45, 7) is 4.85. The summed E-state index contributed by atoms with van der Waals surface area (Å²) in [5, 5.41) is 3.03. The van der Waals surface area contributed by atoms with E-state index in [-0.39, 0.29) is 24.3 Å². The zero-order valence-electron chi connectivity index (χ0n) is 26.3. The lowest BCUT2D eigenvalue weighted by atomic mass is 9.89. The average Bonchev–Trinajstić information content (AvgIpc) is 3.04. The smallest absolute Gasteiger partial charge is 0.246 e. The third kappa shape index (κ3) is 7.61. The first kappa shape index (κ1) is 32.2. The Morgan fingerprint density at radius 3 is 2.12 bits per heavy atom. The Kier molecular flexibility index (Phi) is 11.3. The van der Waals surface area contributed by atoms with Gasteiger partial charge in [0.15, 0.2) is 11.5 Å². The standard InChI is InChI=1S/C34H47N3O6/c1-6-7-17-36-28(34(40)37(23(2)33(36)39)22-31(38)35-21-25-11-9-8-10-12-25)18-24-13-15-26(16-14-24)27-19-29(41-3)32(43-5)30(20-27)42-4/h13-16,19-20,23,25,28H,6-12,17-18,21-22H2,1-5H3,(H,35,38)/t23-,28+/m0/s1. The van der Waals surface area contributed by atoms with E-state index in [0.717, 1.165) is 42.4 Å². The van der Waals surface area contributed by atoms with Crippen molar-refractivity contribution in [3.63, 3.8) is 0 Å². The number of carbonyl (C=O) groups excluding carboxylic acids is 3. The Hall–Kier alpha value is -3.75. The number of nitrogens with one attached hydrogen (secondary N) is 1. The molecule has 0 radical (unpaired) electrons. The van der Waals surface area contributed by atoms with Gasteiger partial charge >= 0.3 is 0 Å². The van der Waals surface area contributed by atoms with Crippen molar-refractivity contribution in [1.82, 2.24) is 15.1 Å². The van der Waals surface area contributed by atoms with Crippen molar-refractivity contribution in [2.45, 2.75) is 77.3 Å². The highest BCUT2D eigenvalue weighted by atomic mass is 16.5. The van der Waals surface area contributed by atoms with Crippen LogP contribution >= 0.6 is 0 Å². The number of hydrogen-bond donors (Lipinski definition) is 1. The van der Waals surface area contributed by atoms with Gasteiger partial charge in [0.05, 0.1) is 21.3 Å². The second kappa shape index (κ2) is 15.1. The lowest BCUT2D eigenvalue weighted by Gasteiger charge is -2.44. The zero-order chi connectivity index (χ0) is 30.9. The van der Waals surface area contributed by atoms with Gasteiger partial charge in [0.2, 0.25) is 23.5 Å². The molecule has 2 aliphatic rings. The molecular formula is C34H47N3O6. The fourth-order valence-corrected chi connectivity index (χ4v) is 6.21. The predicted octanol–water partition coefficient (Wildman–Crippen LogP) is 4.85. The number of ether oxygens (including phenoxy) is 3.